The summed E-state index contributed by atoms with van der Waals surface area (Å²) in [6.45, 7) is 4.44. The van der Waals surface area contributed by atoms with Gasteiger partial charge in [-0.1, -0.05) is 62.1 Å². The highest BCUT2D eigenvalue weighted by Crippen LogP contribution is 2.35. The first-order chi connectivity index (χ1) is 11.8. The molecular weight excluding hydrogens is 290 g/mol. The normalized spacial score (nSPS) is 15.9. The predicted octanol–water partition coefficient (Wildman–Crippen LogP) is 6.68. The highest BCUT2D eigenvalue weighted by molar-refractivity contribution is 5.89. The Kier molecular flexibility index (Phi) is 4.18. The number of fused-ring (bicyclic) bond motifs is 1. The molecule has 4 rings (SSSR count). The Morgan fingerprint density at radius 2 is 1.75 bits per heavy atom. The molecule has 0 saturated heterocycles. The van der Waals surface area contributed by atoms with E-state index in [1.807, 2.05) is 0 Å². The number of nitrogens with zero attached hydrogens (tertiary/aromatic N) is 1. The van der Waals surface area contributed by atoms with Crippen LogP contribution in [0.25, 0.3) is 22.0 Å². The second kappa shape index (κ2) is 6.47. The van der Waals surface area contributed by atoms with Crippen molar-refractivity contribution in [2.24, 2.45) is 0 Å². The lowest BCUT2D eigenvalue weighted by Crippen LogP contribution is -2.11. The molecule has 0 aliphatic heterocycles. The number of aromatic nitrogens is 1. The van der Waals surface area contributed by atoms with Gasteiger partial charge in [0.05, 0.1) is 0 Å². The summed E-state index contributed by atoms with van der Waals surface area (Å²) < 4.78 is 2.58. The molecule has 1 saturated carbocycles. The summed E-state index contributed by atoms with van der Waals surface area (Å²) in [7, 11) is 0. The first-order valence-corrected chi connectivity index (χ1v) is 9.47. The smallest absolute Gasteiger partial charge is 0.0486 e. The Labute approximate surface area is 145 Å². The first-order valence-electron chi connectivity index (χ1n) is 9.47. The lowest BCUT2D eigenvalue weighted by atomic mass is 9.95. The number of aryl methyl sites for hydroxylation is 2. The molecule has 1 heterocycles. The first kappa shape index (κ1) is 15.5. The maximum Gasteiger partial charge on any atom is 0.0486 e. The van der Waals surface area contributed by atoms with E-state index in [0.29, 0.717) is 6.04 Å². The highest BCUT2D eigenvalue weighted by atomic mass is 15.0. The minimum absolute atomic E-state index is 0.700. The molecule has 0 bridgehead atoms. The van der Waals surface area contributed by atoms with Crippen molar-refractivity contribution in [2.75, 3.05) is 0 Å². The summed E-state index contributed by atoms with van der Waals surface area (Å²) in [4.78, 5) is 0. The van der Waals surface area contributed by atoms with Crippen LogP contribution in [0.2, 0.25) is 0 Å². The predicted molar refractivity (Wildman–Crippen MR) is 104 cm³/mol. The topological polar surface area (TPSA) is 4.93 Å². The zero-order chi connectivity index (χ0) is 16.5. The van der Waals surface area contributed by atoms with E-state index in [-0.39, 0.29) is 0 Å². The monoisotopic (exact) mass is 317 g/mol. The largest absolute Gasteiger partial charge is 0.344 e. The van der Waals surface area contributed by atoms with E-state index in [9.17, 15) is 0 Å². The average Bonchev–Trinajstić information content (AvgIpc) is 3.00. The number of hydrogen-bond donors (Lipinski definition) is 0. The fourth-order valence-corrected chi connectivity index (χ4v) is 4.27. The van der Waals surface area contributed by atoms with Crippen molar-refractivity contribution in [3.8, 4) is 11.1 Å². The summed E-state index contributed by atoms with van der Waals surface area (Å²) in [5, 5.41) is 1.45. The summed E-state index contributed by atoms with van der Waals surface area (Å²) in [5.41, 5.74) is 6.90. The van der Waals surface area contributed by atoms with Crippen molar-refractivity contribution in [3.05, 3.63) is 59.8 Å². The van der Waals surface area contributed by atoms with E-state index in [1.165, 1.54) is 65.3 Å². The molecular formula is C23H27N. The Balaban J connectivity index is 1.81. The van der Waals surface area contributed by atoms with Gasteiger partial charge in [0.2, 0.25) is 0 Å². The maximum absolute atomic E-state index is 2.58. The third-order valence-electron chi connectivity index (χ3n) is 5.62. The van der Waals surface area contributed by atoms with Crippen LogP contribution < -0.4 is 0 Å². The van der Waals surface area contributed by atoms with Crippen LogP contribution >= 0.6 is 0 Å². The van der Waals surface area contributed by atoms with Gasteiger partial charge < -0.3 is 4.57 Å². The zero-order valence-electron chi connectivity index (χ0n) is 14.9. The summed E-state index contributed by atoms with van der Waals surface area (Å²) in [5.74, 6) is 0. The molecule has 124 valence electrons. The van der Waals surface area contributed by atoms with Crippen molar-refractivity contribution in [1.29, 1.82) is 0 Å². The van der Waals surface area contributed by atoms with Crippen molar-refractivity contribution in [2.45, 2.75) is 58.4 Å². The van der Waals surface area contributed by atoms with Crippen LogP contribution in [0.15, 0.2) is 48.7 Å². The molecule has 1 aromatic heterocycles. The molecule has 1 heteroatoms. The van der Waals surface area contributed by atoms with E-state index < -0.39 is 0 Å². The van der Waals surface area contributed by atoms with Crippen molar-refractivity contribution < 1.29 is 0 Å². The second-order valence-electron chi connectivity index (χ2n) is 7.31. The van der Waals surface area contributed by atoms with E-state index in [2.05, 4.69) is 67.1 Å². The zero-order valence-corrected chi connectivity index (χ0v) is 14.9. The quantitative estimate of drug-likeness (QED) is 0.507. The molecule has 1 aliphatic carbocycles. The number of benzene rings is 2. The van der Waals surface area contributed by atoms with Crippen LogP contribution in [0.5, 0.6) is 0 Å². The fourth-order valence-electron chi connectivity index (χ4n) is 4.27. The molecule has 1 aliphatic rings. The van der Waals surface area contributed by atoms with Gasteiger partial charge in [0, 0.05) is 23.1 Å². The summed E-state index contributed by atoms with van der Waals surface area (Å²) in [6, 6.07) is 16.6. The molecule has 24 heavy (non-hydrogen) atoms. The minimum atomic E-state index is 0.700. The van der Waals surface area contributed by atoms with E-state index in [4.69, 9.17) is 0 Å². The van der Waals surface area contributed by atoms with Gasteiger partial charge in [0.25, 0.3) is 0 Å². The van der Waals surface area contributed by atoms with Gasteiger partial charge in [-0.3, -0.25) is 0 Å². The Hall–Kier alpha value is -2.02. The molecule has 0 atom stereocenters. The van der Waals surface area contributed by atoms with Gasteiger partial charge in [-0.25, -0.2) is 0 Å². The number of rotatable bonds is 3. The van der Waals surface area contributed by atoms with Crippen LogP contribution in [0.4, 0.5) is 0 Å². The van der Waals surface area contributed by atoms with Crippen molar-refractivity contribution >= 4 is 10.9 Å². The molecule has 1 nitrogen and oxygen atoms in total. The van der Waals surface area contributed by atoms with Gasteiger partial charge >= 0.3 is 0 Å². The van der Waals surface area contributed by atoms with Crippen molar-refractivity contribution in [1.82, 2.24) is 4.57 Å². The maximum atomic E-state index is 2.58. The Morgan fingerprint density at radius 3 is 2.50 bits per heavy atom. The van der Waals surface area contributed by atoms with Crippen molar-refractivity contribution in [3.63, 3.8) is 0 Å². The summed E-state index contributed by atoms with van der Waals surface area (Å²) >= 11 is 0. The van der Waals surface area contributed by atoms with Crippen LogP contribution in [0.3, 0.4) is 0 Å². The third-order valence-corrected chi connectivity index (χ3v) is 5.62. The van der Waals surface area contributed by atoms with Gasteiger partial charge in [-0.05, 0) is 55.0 Å². The number of hydrogen-bond acceptors (Lipinski definition) is 0. The van der Waals surface area contributed by atoms with Gasteiger partial charge in [-0.15, -0.1) is 0 Å². The third kappa shape index (κ3) is 2.77. The molecule has 0 amide bonds. The summed E-state index contributed by atoms with van der Waals surface area (Å²) in [6.07, 6.45) is 10.4. The molecule has 0 unspecified atom stereocenters. The molecule has 1 fully saturated rings. The van der Waals surface area contributed by atoms with E-state index in [1.54, 1.807) is 0 Å². The van der Waals surface area contributed by atoms with Crippen LogP contribution in [0.1, 0.15) is 56.2 Å². The second-order valence-corrected chi connectivity index (χ2v) is 7.31. The lowest BCUT2D eigenvalue weighted by Gasteiger charge is -2.24. The highest BCUT2D eigenvalue weighted by Gasteiger charge is 2.18. The van der Waals surface area contributed by atoms with Gasteiger partial charge in [0.1, 0.15) is 0 Å². The minimum Gasteiger partial charge on any atom is -0.344 e. The standard InChI is InChI=1S/C23H27N/c1-3-18-16-24(21-10-5-4-6-11-21)23-13-12-20(15-22(18)23)19-9-7-8-17(2)14-19/h7-9,12-16,21H,3-6,10-11H2,1-2H3. The molecule has 0 N–H and O–H groups in total. The molecule has 0 spiro atoms. The molecule has 0 radical (unpaired) electrons. The van der Waals surface area contributed by atoms with Gasteiger partial charge in [-0.2, -0.15) is 0 Å². The van der Waals surface area contributed by atoms with E-state index >= 15 is 0 Å². The van der Waals surface area contributed by atoms with Crippen LogP contribution in [-0.4, -0.2) is 4.57 Å². The average molecular weight is 317 g/mol. The Morgan fingerprint density at radius 1 is 0.958 bits per heavy atom. The van der Waals surface area contributed by atoms with Gasteiger partial charge in [0.15, 0.2) is 0 Å². The molecule has 3 aromatic rings. The lowest BCUT2D eigenvalue weighted by molar-refractivity contribution is 0.360. The fraction of sp³-hybridized carbons (Fsp3) is 0.391. The van der Waals surface area contributed by atoms with E-state index in [0.717, 1.165) is 6.42 Å². The van der Waals surface area contributed by atoms with Crippen LogP contribution in [0, 0.1) is 6.92 Å². The SMILES string of the molecule is CCc1cn(C2CCCCC2)c2ccc(-c3cccc(C)c3)cc12. The van der Waals surface area contributed by atoms with Crippen LogP contribution in [-0.2, 0) is 6.42 Å². The Bertz CT molecular complexity index is 850. The molecule has 2 aromatic carbocycles.